The Hall–Kier alpha value is -1.76. The number of aryl methyl sites for hydroxylation is 2. The third-order valence-corrected chi connectivity index (χ3v) is 5.41. The molecule has 0 spiro atoms. The van der Waals surface area contributed by atoms with Crippen molar-refractivity contribution in [3.8, 4) is 0 Å². The Balaban J connectivity index is 1.54. The van der Waals surface area contributed by atoms with Crippen LogP contribution in [0.5, 0.6) is 0 Å². The van der Waals surface area contributed by atoms with Gasteiger partial charge < -0.3 is 5.32 Å². The summed E-state index contributed by atoms with van der Waals surface area (Å²) in [6.45, 7) is 6.18. The molecule has 4 atom stereocenters. The second kappa shape index (κ2) is 6.63. The Kier molecular flexibility index (Phi) is 4.35. The molecule has 0 aromatic carbocycles. The molecule has 0 aliphatic carbocycles. The number of rotatable bonds is 4. The van der Waals surface area contributed by atoms with Gasteiger partial charge in [0.2, 0.25) is 0 Å². The molecule has 2 saturated heterocycles. The van der Waals surface area contributed by atoms with Crippen molar-refractivity contribution in [2.45, 2.75) is 51.4 Å². The second-order valence-electron chi connectivity index (χ2n) is 6.81. The molecule has 2 aromatic rings. The maximum absolute atomic E-state index is 4.64. The van der Waals surface area contributed by atoms with E-state index in [1.54, 1.807) is 0 Å². The van der Waals surface area contributed by atoms with E-state index < -0.39 is 0 Å². The Morgan fingerprint density at radius 3 is 3.00 bits per heavy atom. The largest absolute Gasteiger partial charge is 0.308 e. The summed E-state index contributed by atoms with van der Waals surface area (Å²) < 4.78 is 2.00. The van der Waals surface area contributed by atoms with Gasteiger partial charge >= 0.3 is 0 Å². The Morgan fingerprint density at radius 2 is 2.21 bits per heavy atom. The van der Waals surface area contributed by atoms with Gasteiger partial charge in [-0.3, -0.25) is 15.1 Å². The molecular weight excluding hydrogens is 300 g/mol. The van der Waals surface area contributed by atoms with E-state index in [-0.39, 0.29) is 6.04 Å². The van der Waals surface area contributed by atoms with Crippen LogP contribution >= 0.6 is 0 Å². The van der Waals surface area contributed by atoms with Crippen LogP contribution in [0.25, 0.3) is 0 Å². The molecule has 4 rings (SSSR count). The zero-order valence-electron chi connectivity index (χ0n) is 14.4. The highest BCUT2D eigenvalue weighted by atomic mass is 15.4. The van der Waals surface area contributed by atoms with Crippen LogP contribution in [-0.2, 0) is 13.0 Å². The summed E-state index contributed by atoms with van der Waals surface area (Å²) in [5, 5.41) is 8.09. The van der Waals surface area contributed by atoms with Gasteiger partial charge in [0.25, 0.3) is 0 Å². The standard InChI is InChI=1S/C18H26N6/c1-3-12-5-6-19-16(7-12)18-14-8-15(20-10-17(14)22-23-18)13-9-21-24(4-2)11-13/h5-7,9,11,14-15,17-18,20,22-23H,3-4,8,10H2,1-2H3. The first-order valence-electron chi connectivity index (χ1n) is 9.00. The lowest BCUT2D eigenvalue weighted by Gasteiger charge is -2.33. The fraction of sp³-hybridized carbons (Fsp3) is 0.556. The van der Waals surface area contributed by atoms with Gasteiger partial charge in [0.05, 0.1) is 17.9 Å². The zero-order chi connectivity index (χ0) is 16.5. The van der Waals surface area contributed by atoms with Crippen LogP contribution in [0.3, 0.4) is 0 Å². The minimum Gasteiger partial charge on any atom is -0.308 e. The molecule has 2 aliphatic rings. The van der Waals surface area contributed by atoms with Crippen molar-refractivity contribution >= 4 is 0 Å². The topological polar surface area (TPSA) is 66.8 Å². The molecule has 2 aromatic heterocycles. The van der Waals surface area contributed by atoms with Crippen LogP contribution in [0.1, 0.15) is 49.2 Å². The summed E-state index contributed by atoms with van der Waals surface area (Å²) in [6, 6.07) is 5.43. The van der Waals surface area contributed by atoms with E-state index in [0.29, 0.717) is 18.0 Å². The van der Waals surface area contributed by atoms with Gasteiger partial charge in [-0.15, -0.1) is 0 Å². The lowest BCUT2D eigenvalue weighted by molar-refractivity contribution is 0.265. The number of aromatic nitrogens is 3. The fourth-order valence-electron chi connectivity index (χ4n) is 3.93. The number of hydrogen-bond acceptors (Lipinski definition) is 5. The number of nitrogens with one attached hydrogen (secondary N) is 3. The SMILES string of the molecule is CCc1ccnc(C2NNC3CNC(c4cnn(CC)c4)CC32)c1. The molecule has 6 heteroatoms. The molecule has 0 saturated carbocycles. The van der Waals surface area contributed by atoms with Gasteiger partial charge in [-0.25, -0.2) is 5.43 Å². The molecule has 6 nitrogen and oxygen atoms in total. The van der Waals surface area contributed by atoms with Gasteiger partial charge in [0.15, 0.2) is 0 Å². The van der Waals surface area contributed by atoms with Gasteiger partial charge in [-0.1, -0.05) is 6.92 Å². The Labute approximate surface area is 143 Å². The first-order chi connectivity index (χ1) is 11.8. The lowest BCUT2D eigenvalue weighted by Crippen LogP contribution is -2.46. The zero-order valence-corrected chi connectivity index (χ0v) is 14.4. The maximum Gasteiger partial charge on any atom is 0.0679 e. The predicted octanol–water partition coefficient (Wildman–Crippen LogP) is 1.73. The van der Waals surface area contributed by atoms with Crippen LogP contribution in [0, 0.1) is 5.92 Å². The molecule has 2 fully saturated rings. The normalized spacial score (nSPS) is 29.6. The highest BCUT2D eigenvalue weighted by Gasteiger charge is 2.42. The number of fused-ring (bicyclic) bond motifs is 1. The van der Waals surface area contributed by atoms with E-state index in [1.165, 1.54) is 11.1 Å². The molecule has 0 amide bonds. The third kappa shape index (κ3) is 2.85. The smallest absolute Gasteiger partial charge is 0.0679 e. The second-order valence-corrected chi connectivity index (χ2v) is 6.81. The van der Waals surface area contributed by atoms with E-state index in [4.69, 9.17) is 0 Å². The van der Waals surface area contributed by atoms with Gasteiger partial charge in [0.1, 0.15) is 0 Å². The number of hydrazine groups is 1. The molecule has 2 aliphatic heterocycles. The number of pyridine rings is 1. The summed E-state index contributed by atoms with van der Waals surface area (Å²) >= 11 is 0. The number of hydrogen-bond donors (Lipinski definition) is 3. The molecule has 0 radical (unpaired) electrons. The average molecular weight is 326 g/mol. The van der Waals surface area contributed by atoms with E-state index in [0.717, 1.165) is 31.6 Å². The average Bonchev–Trinajstić information content (AvgIpc) is 3.28. The Bertz CT molecular complexity index is 696. The maximum atomic E-state index is 4.64. The summed E-state index contributed by atoms with van der Waals surface area (Å²) in [6.07, 6.45) is 8.24. The van der Waals surface area contributed by atoms with Crippen molar-refractivity contribution in [1.29, 1.82) is 0 Å². The van der Waals surface area contributed by atoms with Gasteiger partial charge in [-0.05, 0) is 37.5 Å². The van der Waals surface area contributed by atoms with Crippen molar-refractivity contribution in [1.82, 2.24) is 30.9 Å². The molecular formula is C18H26N6. The van der Waals surface area contributed by atoms with Crippen LogP contribution in [0.2, 0.25) is 0 Å². The van der Waals surface area contributed by atoms with Crippen molar-refractivity contribution < 1.29 is 0 Å². The summed E-state index contributed by atoms with van der Waals surface area (Å²) in [7, 11) is 0. The quantitative estimate of drug-likeness (QED) is 0.798. The van der Waals surface area contributed by atoms with E-state index in [1.807, 2.05) is 17.1 Å². The molecule has 24 heavy (non-hydrogen) atoms. The molecule has 4 unspecified atom stereocenters. The van der Waals surface area contributed by atoms with Crippen LogP contribution in [-0.4, -0.2) is 27.4 Å². The summed E-state index contributed by atoms with van der Waals surface area (Å²) in [5.74, 6) is 0.529. The van der Waals surface area contributed by atoms with E-state index in [2.05, 4.69) is 58.4 Å². The van der Waals surface area contributed by atoms with Gasteiger partial charge in [0, 0.05) is 49.0 Å². The van der Waals surface area contributed by atoms with Crippen LogP contribution < -0.4 is 16.2 Å². The molecule has 3 N–H and O–H groups in total. The minimum atomic E-state index is 0.271. The first-order valence-corrected chi connectivity index (χ1v) is 9.00. The summed E-state index contributed by atoms with van der Waals surface area (Å²) in [5.41, 5.74) is 10.7. The van der Waals surface area contributed by atoms with Crippen molar-refractivity contribution in [3.63, 3.8) is 0 Å². The third-order valence-electron chi connectivity index (χ3n) is 5.41. The van der Waals surface area contributed by atoms with Gasteiger partial charge in [-0.2, -0.15) is 5.10 Å². The highest BCUT2D eigenvalue weighted by molar-refractivity contribution is 5.22. The Morgan fingerprint density at radius 1 is 1.29 bits per heavy atom. The van der Waals surface area contributed by atoms with Crippen molar-refractivity contribution in [3.05, 3.63) is 47.5 Å². The van der Waals surface area contributed by atoms with Crippen molar-refractivity contribution in [2.24, 2.45) is 5.92 Å². The molecule has 0 bridgehead atoms. The monoisotopic (exact) mass is 326 g/mol. The molecule has 128 valence electrons. The highest BCUT2D eigenvalue weighted by Crippen LogP contribution is 2.37. The number of nitrogens with zero attached hydrogens (tertiary/aromatic N) is 3. The fourth-order valence-corrected chi connectivity index (χ4v) is 3.93. The van der Waals surface area contributed by atoms with Crippen LogP contribution in [0.15, 0.2) is 30.7 Å². The van der Waals surface area contributed by atoms with Crippen molar-refractivity contribution in [2.75, 3.05) is 6.54 Å². The summed E-state index contributed by atoms with van der Waals surface area (Å²) in [4.78, 5) is 4.64. The predicted molar refractivity (Wildman–Crippen MR) is 93.2 cm³/mol. The van der Waals surface area contributed by atoms with E-state index in [9.17, 15) is 0 Å². The lowest BCUT2D eigenvalue weighted by atomic mass is 9.81. The first kappa shape index (κ1) is 15.7. The minimum absolute atomic E-state index is 0.271. The van der Waals surface area contributed by atoms with Crippen LogP contribution in [0.4, 0.5) is 0 Å². The number of piperidine rings is 1. The van der Waals surface area contributed by atoms with E-state index >= 15 is 0 Å². The molecule has 4 heterocycles.